The van der Waals surface area contributed by atoms with Crippen LogP contribution >= 0.6 is 0 Å². The van der Waals surface area contributed by atoms with E-state index in [0.29, 0.717) is 0 Å². The molecule has 2 rings (SSSR count). The summed E-state index contributed by atoms with van der Waals surface area (Å²) in [4.78, 5) is 0. The van der Waals surface area contributed by atoms with E-state index < -0.39 is 0 Å². The first-order valence-corrected chi connectivity index (χ1v) is 7.83. The van der Waals surface area contributed by atoms with E-state index in [1.807, 2.05) is 0 Å². The van der Waals surface area contributed by atoms with Gasteiger partial charge in [-0.15, -0.1) is 0 Å². The standard InChI is InChI=1S/C21H24/c1(2-4-8-14-20-16-10-6-11-17-20)3-5-9-15-21-18-12-7-13-19-21/h4-13,16-19H,1-3,14-15H2/b8-4+,9-5+. The topological polar surface area (TPSA) is 0 Å². The average molecular weight is 276 g/mol. The molecule has 0 amide bonds. The molecular weight excluding hydrogens is 252 g/mol. The number of benzene rings is 2. The molecule has 0 N–H and O–H groups in total. The molecule has 0 radical (unpaired) electrons. The van der Waals surface area contributed by atoms with Crippen molar-refractivity contribution >= 4 is 0 Å². The summed E-state index contributed by atoms with van der Waals surface area (Å²) >= 11 is 0. The number of unbranched alkanes of at least 4 members (excludes halogenated alkanes) is 2. The quantitative estimate of drug-likeness (QED) is 0.425. The Morgan fingerprint density at radius 3 is 1.38 bits per heavy atom. The van der Waals surface area contributed by atoms with E-state index in [4.69, 9.17) is 0 Å². The Bertz CT molecular complexity index is 483. The molecule has 0 aliphatic heterocycles. The highest BCUT2D eigenvalue weighted by Gasteiger charge is 1.87. The van der Waals surface area contributed by atoms with Crippen LogP contribution in [-0.4, -0.2) is 0 Å². The molecule has 0 aromatic heterocycles. The van der Waals surface area contributed by atoms with Gasteiger partial charge < -0.3 is 0 Å². The summed E-state index contributed by atoms with van der Waals surface area (Å²) in [6, 6.07) is 21.2. The molecule has 0 aliphatic rings. The zero-order valence-electron chi connectivity index (χ0n) is 12.6. The molecule has 0 saturated carbocycles. The fraction of sp³-hybridized carbons (Fsp3) is 0.238. The van der Waals surface area contributed by atoms with E-state index in [-0.39, 0.29) is 0 Å². The first-order chi connectivity index (χ1) is 10.4. The van der Waals surface area contributed by atoms with Gasteiger partial charge in [-0.05, 0) is 43.2 Å². The van der Waals surface area contributed by atoms with Crippen LogP contribution in [0.15, 0.2) is 85.0 Å². The van der Waals surface area contributed by atoms with Crippen molar-refractivity contribution < 1.29 is 0 Å². The van der Waals surface area contributed by atoms with Crippen LogP contribution in [-0.2, 0) is 12.8 Å². The Kier molecular flexibility index (Phi) is 7.12. The van der Waals surface area contributed by atoms with Gasteiger partial charge in [-0.1, -0.05) is 85.0 Å². The molecule has 0 heterocycles. The number of rotatable bonds is 8. The Labute approximate surface area is 128 Å². The minimum absolute atomic E-state index is 1.05. The van der Waals surface area contributed by atoms with Crippen molar-refractivity contribution in [3.8, 4) is 0 Å². The maximum absolute atomic E-state index is 2.30. The molecule has 0 spiro atoms. The Hall–Kier alpha value is -2.08. The van der Waals surface area contributed by atoms with Gasteiger partial charge in [0.05, 0.1) is 0 Å². The molecule has 0 atom stereocenters. The van der Waals surface area contributed by atoms with Crippen LogP contribution in [0.5, 0.6) is 0 Å². The van der Waals surface area contributed by atoms with E-state index in [1.165, 1.54) is 30.4 Å². The highest BCUT2D eigenvalue weighted by atomic mass is 13.9. The molecule has 0 heteroatoms. The van der Waals surface area contributed by atoms with E-state index >= 15 is 0 Å². The van der Waals surface area contributed by atoms with E-state index in [1.54, 1.807) is 0 Å². The summed E-state index contributed by atoms with van der Waals surface area (Å²) < 4.78 is 0. The van der Waals surface area contributed by atoms with Gasteiger partial charge in [-0.25, -0.2) is 0 Å². The van der Waals surface area contributed by atoms with E-state index in [2.05, 4.69) is 85.0 Å². The van der Waals surface area contributed by atoms with Crippen LogP contribution in [0, 0.1) is 0 Å². The van der Waals surface area contributed by atoms with Crippen molar-refractivity contribution in [1.29, 1.82) is 0 Å². The smallest absolute Gasteiger partial charge is 0.00975 e. The minimum Gasteiger partial charge on any atom is -0.0882 e. The SMILES string of the molecule is C(=C\Cc1ccccc1)/CCC/C=C/Cc1ccccc1. The van der Waals surface area contributed by atoms with Crippen LogP contribution in [0.3, 0.4) is 0 Å². The third-order valence-electron chi connectivity index (χ3n) is 3.47. The lowest BCUT2D eigenvalue weighted by atomic mass is 10.1. The molecule has 21 heavy (non-hydrogen) atoms. The van der Waals surface area contributed by atoms with Crippen molar-refractivity contribution in [2.24, 2.45) is 0 Å². The largest absolute Gasteiger partial charge is 0.0882 e. The number of hydrogen-bond acceptors (Lipinski definition) is 0. The first kappa shape index (κ1) is 15.3. The van der Waals surface area contributed by atoms with Crippen LogP contribution in [0.25, 0.3) is 0 Å². The lowest BCUT2D eigenvalue weighted by molar-refractivity contribution is 0.863. The van der Waals surface area contributed by atoms with Gasteiger partial charge in [0.2, 0.25) is 0 Å². The molecule has 2 aromatic carbocycles. The second-order valence-electron chi connectivity index (χ2n) is 5.25. The molecule has 0 unspecified atom stereocenters. The Balaban J connectivity index is 1.54. The lowest BCUT2D eigenvalue weighted by Gasteiger charge is -1.95. The van der Waals surface area contributed by atoms with E-state index in [9.17, 15) is 0 Å². The summed E-state index contributed by atoms with van der Waals surface area (Å²) in [5, 5.41) is 0. The second-order valence-corrected chi connectivity index (χ2v) is 5.25. The number of allylic oxidation sites excluding steroid dienone is 4. The first-order valence-electron chi connectivity index (χ1n) is 7.83. The van der Waals surface area contributed by atoms with Gasteiger partial charge in [-0.2, -0.15) is 0 Å². The maximum atomic E-state index is 2.30. The van der Waals surface area contributed by atoms with Gasteiger partial charge in [0.1, 0.15) is 0 Å². The van der Waals surface area contributed by atoms with E-state index in [0.717, 1.165) is 12.8 Å². The van der Waals surface area contributed by atoms with Crippen LogP contribution < -0.4 is 0 Å². The zero-order valence-corrected chi connectivity index (χ0v) is 12.6. The predicted molar refractivity (Wildman–Crippen MR) is 92.4 cm³/mol. The highest BCUT2D eigenvalue weighted by molar-refractivity contribution is 5.18. The fourth-order valence-corrected chi connectivity index (χ4v) is 2.26. The third-order valence-corrected chi connectivity index (χ3v) is 3.47. The highest BCUT2D eigenvalue weighted by Crippen LogP contribution is 2.04. The van der Waals surface area contributed by atoms with Crippen molar-refractivity contribution in [2.75, 3.05) is 0 Å². The van der Waals surface area contributed by atoms with Gasteiger partial charge in [-0.3, -0.25) is 0 Å². The minimum atomic E-state index is 1.05. The summed E-state index contributed by atoms with van der Waals surface area (Å²) in [7, 11) is 0. The van der Waals surface area contributed by atoms with Crippen molar-refractivity contribution in [2.45, 2.75) is 32.1 Å². The molecule has 0 nitrogen and oxygen atoms in total. The monoisotopic (exact) mass is 276 g/mol. The fourth-order valence-electron chi connectivity index (χ4n) is 2.26. The molecule has 108 valence electrons. The third kappa shape index (κ3) is 6.76. The van der Waals surface area contributed by atoms with Crippen molar-refractivity contribution in [1.82, 2.24) is 0 Å². The zero-order chi connectivity index (χ0) is 14.6. The van der Waals surface area contributed by atoms with Gasteiger partial charge >= 0.3 is 0 Å². The number of hydrogen-bond donors (Lipinski definition) is 0. The molecule has 2 aromatic rings. The lowest BCUT2D eigenvalue weighted by Crippen LogP contribution is -1.79. The van der Waals surface area contributed by atoms with Crippen LogP contribution in [0.1, 0.15) is 30.4 Å². The predicted octanol–water partition coefficient (Wildman–Crippen LogP) is 5.75. The van der Waals surface area contributed by atoms with Crippen LogP contribution in [0.4, 0.5) is 0 Å². The molecule has 0 saturated heterocycles. The summed E-state index contributed by atoms with van der Waals surface area (Å²) in [5.41, 5.74) is 2.77. The van der Waals surface area contributed by atoms with Gasteiger partial charge in [0, 0.05) is 0 Å². The van der Waals surface area contributed by atoms with Crippen molar-refractivity contribution in [3.63, 3.8) is 0 Å². The molecule has 0 aliphatic carbocycles. The normalized spacial score (nSPS) is 11.4. The van der Waals surface area contributed by atoms with Crippen molar-refractivity contribution in [3.05, 3.63) is 96.1 Å². The average Bonchev–Trinajstić information content (AvgIpc) is 2.55. The Morgan fingerprint density at radius 2 is 0.952 bits per heavy atom. The van der Waals surface area contributed by atoms with Crippen LogP contribution in [0.2, 0.25) is 0 Å². The summed E-state index contributed by atoms with van der Waals surface area (Å²) in [6.45, 7) is 0. The summed E-state index contributed by atoms with van der Waals surface area (Å²) in [5.74, 6) is 0. The second kappa shape index (κ2) is 9.77. The van der Waals surface area contributed by atoms with Gasteiger partial charge in [0.25, 0.3) is 0 Å². The van der Waals surface area contributed by atoms with Gasteiger partial charge in [0.15, 0.2) is 0 Å². The molecule has 0 fully saturated rings. The maximum Gasteiger partial charge on any atom is -0.00975 e. The molecular formula is C21H24. The molecule has 0 bridgehead atoms. The Morgan fingerprint density at radius 1 is 0.524 bits per heavy atom. The summed E-state index contributed by atoms with van der Waals surface area (Å²) in [6.07, 6.45) is 14.8.